The second-order valence-corrected chi connectivity index (χ2v) is 15.8. The SMILES string of the molecule is C#Cc1c(F)ccc2cc(O)cc(-c3nc(OC)c4c(N5CC6CCC(C5)N6)nc(OCC5(CN6CC7CC(C(F)(F)F)CC7C6)CC5)nc4c3F)c12. The van der Waals surface area contributed by atoms with Crippen LogP contribution in [-0.2, 0) is 0 Å². The van der Waals surface area contributed by atoms with Crippen LogP contribution in [0.4, 0.5) is 27.8 Å². The number of aromatic nitrogens is 3. The average molecular weight is 735 g/mol. The van der Waals surface area contributed by atoms with Gasteiger partial charge in [0.1, 0.15) is 34.0 Å². The molecule has 278 valence electrons. The van der Waals surface area contributed by atoms with Gasteiger partial charge in [0.25, 0.3) is 0 Å². The summed E-state index contributed by atoms with van der Waals surface area (Å²) in [5.74, 6) is 0.0272. The van der Waals surface area contributed by atoms with Gasteiger partial charge in [0, 0.05) is 61.2 Å². The fraction of sp³-hybridized carbons (Fsp3) is 0.513. The second kappa shape index (κ2) is 12.6. The number of benzene rings is 2. The van der Waals surface area contributed by atoms with E-state index in [4.69, 9.17) is 20.9 Å². The zero-order chi connectivity index (χ0) is 36.8. The Morgan fingerprint density at radius 2 is 1.72 bits per heavy atom. The highest BCUT2D eigenvalue weighted by atomic mass is 19.4. The molecule has 5 heterocycles. The number of nitrogens with one attached hydrogen (secondary N) is 1. The van der Waals surface area contributed by atoms with Crippen LogP contribution in [0.3, 0.4) is 0 Å². The summed E-state index contributed by atoms with van der Waals surface area (Å²) in [6, 6.07) is 5.79. The van der Waals surface area contributed by atoms with Gasteiger partial charge in [-0.05, 0) is 73.9 Å². The number of aromatic hydroxyl groups is 1. The molecule has 53 heavy (non-hydrogen) atoms. The standard InChI is InChI=1S/C39H39F5N6O3/c1-3-27-29(40)7-4-20-12-26(51)13-28(30(20)27)33-32(41)34-31(36(46-33)52-2)35(50-16-24-5-6-25(17-50)45-24)48-37(47-34)53-19-38(8-9-38)18-49-14-21-10-23(39(42,43)44)11-22(21)15-49/h1,4,7,12-13,21-25,45,51H,5-6,8-11,14-19H2,2H3. The summed E-state index contributed by atoms with van der Waals surface area (Å²) in [5, 5.41) is 15.1. The number of pyridine rings is 1. The minimum absolute atomic E-state index is 0.0230. The van der Waals surface area contributed by atoms with Gasteiger partial charge in [-0.3, -0.25) is 0 Å². The lowest BCUT2D eigenvalue weighted by molar-refractivity contribution is -0.174. The van der Waals surface area contributed by atoms with Crippen molar-refractivity contribution in [3.05, 3.63) is 41.5 Å². The minimum atomic E-state index is -4.14. The third kappa shape index (κ3) is 6.06. The smallest absolute Gasteiger partial charge is 0.391 e. The predicted octanol–water partition coefficient (Wildman–Crippen LogP) is 6.44. The number of halogens is 5. The van der Waals surface area contributed by atoms with E-state index in [1.807, 2.05) is 0 Å². The molecule has 4 unspecified atom stereocenters. The van der Waals surface area contributed by atoms with Crippen molar-refractivity contribution in [1.82, 2.24) is 25.2 Å². The molecule has 4 aromatic rings. The van der Waals surface area contributed by atoms with Gasteiger partial charge >= 0.3 is 12.2 Å². The summed E-state index contributed by atoms with van der Waals surface area (Å²) in [6.45, 7) is 3.50. The number of piperazine rings is 1. The van der Waals surface area contributed by atoms with Crippen LogP contribution in [0.1, 0.15) is 44.1 Å². The molecule has 2 saturated carbocycles. The summed E-state index contributed by atoms with van der Waals surface area (Å²) < 4.78 is 84.4. The van der Waals surface area contributed by atoms with Gasteiger partial charge in [0.05, 0.1) is 25.2 Å². The fourth-order valence-corrected chi connectivity index (χ4v) is 9.46. The van der Waals surface area contributed by atoms with Crippen LogP contribution >= 0.6 is 0 Å². The van der Waals surface area contributed by atoms with E-state index in [9.17, 15) is 22.7 Å². The second-order valence-electron chi connectivity index (χ2n) is 15.8. The van der Waals surface area contributed by atoms with Crippen molar-refractivity contribution in [3.8, 4) is 41.2 Å². The average Bonchev–Trinajstić information content (AvgIpc) is 3.39. The first kappa shape index (κ1) is 34.3. The van der Waals surface area contributed by atoms with Crippen molar-refractivity contribution in [2.24, 2.45) is 23.2 Å². The van der Waals surface area contributed by atoms with Crippen molar-refractivity contribution in [2.75, 3.05) is 51.3 Å². The van der Waals surface area contributed by atoms with Crippen molar-refractivity contribution in [3.63, 3.8) is 0 Å². The summed E-state index contributed by atoms with van der Waals surface area (Å²) in [7, 11) is 1.42. The number of likely N-dealkylation sites (tertiary alicyclic amines) is 1. The molecule has 2 aromatic carbocycles. The first-order valence-electron chi connectivity index (χ1n) is 18.2. The van der Waals surface area contributed by atoms with Crippen LogP contribution in [0.15, 0.2) is 24.3 Å². The van der Waals surface area contributed by atoms with Crippen molar-refractivity contribution < 1.29 is 36.5 Å². The Balaban J connectivity index is 1.08. The first-order chi connectivity index (χ1) is 25.4. The summed E-state index contributed by atoms with van der Waals surface area (Å²) in [6.07, 6.45) is 5.75. The molecule has 9 rings (SSSR count). The third-order valence-electron chi connectivity index (χ3n) is 12.2. The van der Waals surface area contributed by atoms with Crippen LogP contribution in [0.5, 0.6) is 17.6 Å². The van der Waals surface area contributed by atoms with Crippen LogP contribution in [-0.4, -0.2) is 89.7 Å². The maximum atomic E-state index is 17.1. The number of terminal acetylenes is 1. The van der Waals surface area contributed by atoms with E-state index < -0.39 is 23.7 Å². The highest BCUT2D eigenvalue weighted by molar-refractivity contribution is 6.04. The number of hydrogen-bond acceptors (Lipinski definition) is 9. The Kier molecular flexibility index (Phi) is 8.12. The number of anilines is 1. The monoisotopic (exact) mass is 734 g/mol. The highest BCUT2D eigenvalue weighted by Crippen LogP contribution is 2.52. The van der Waals surface area contributed by atoms with Crippen LogP contribution in [0, 0.1) is 47.1 Å². The number of phenols is 1. The van der Waals surface area contributed by atoms with E-state index in [0.29, 0.717) is 43.9 Å². The maximum absolute atomic E-state index is 17.1. The number of fused-ring (bicyclic) bond motifs is 5. The number of phenolic OH excluding ortho intramolecular Hbond substituents is 1. The fourth-order valence-electron chi connectivity index (χ4n) is 9.46. The van der Waals surface area contributed by atoms with Gasteiger partial charge in [-0.2, -0.15) is 23.1 Å². The van der Waals surface area contributed by atoms with Crippen molar-refractivity contribution in [2.45, 2.75) is 56.8 Å². The highest BCUT2D eigenvalue weighted by Gasteiger charge is 2.53. The molecule has 3 aliphatic heterocycles. The molecule has 2 N–H and O–H groups in total. The van der Waals surface area contributed by atoms with E-state index in [0.717, 1.165) is 25.7 Å². The van der Waals surface area contributed by atoms with Gasteiger partial charge in [0.15, 0.2) is 5.82 Å². The minimum Gasteiger partial charge on any atom is -0.508 e. The van der Waals surface area contributed by atoms with E-state index in [-0.39, 0.29) is 99.5 Å². The van der Waals surface area contributed by atoms with Crippen molar-refractivity contribution >= 4 is 27.5 Å². The third-order valence-corrected chi connectivity index (χ3v) is 12.2. The molecule has 5 aliphatic rings. The molecule has 3 saturated heterocycles. The van der Waals surface area contributed by atoms with E-state index >= 15 is 4.39 Å². The Morgan fingerprint density at radius 1 is 1.00 bits per heavy atom. The number of ether oxygens (including phenoxy) is 2. The van der Waals surface area contributed by atoms with Gasteiger partial charge in [-0.1, -0.05) is 12.0 Å². The summed E-state index contributed by atoms with van der Waals surface area (Å²) >= 11 is 0. The number of nitrogens with zero attached hydrogens (tertiary/aromatic N) is 5. The molecule has 0 amide bonds. The lowest BCUT2D eigenvalue weighted by atomic mass is 9.95. The molecule has 2 bridgehead atoms. The Morgan fingerprint density at radius 3 is 2.36 bits per heavy atom. The van der Waals surface area contributed by atoms with E-state index in [1.165, 1.54) is 31.4 Å². The van der Waals surface area contributed by atoms with Crippen LogP contribution in [0.2, 0.25) is 0 Å². The van der Waals surface area contributed by atoms with Crippen LogP contribution < -0.4 is 19.7 Å². The van der Waals surface area contributed by atoms with Gasteiger partial charge in [-0.15, -0.1) is 6.42 Å². The molecule has 5 fully saturated rings. The quantitative estimate of drug-likeness (QED) is 0.157. The van der Waals surface area contributed by atoms with Crippen molar-refractivity contribution in [1.29, 1.82) is 0 Å². The largest absolute Gasteiger partial charge is 0.508 e. The summed E-state index contributed by atoms with van der Waals surface area (Å²) in [5.41, 5.74) is -0.576. The molecule has 2 aliphatic carbocycles. The molecular weight excluding hydrogens is 695 g/mol. The predicted molar refractivity (Wildman–Crippen MR) is 188 cm³/mol. The van der Waals surface area contributed by atoms with Crippen LogP contribution in [0.25, 0.3) is 32.9 Å². The normalized spacial score (nSPS) is 26.3. The Hall–Kier alpha value is -4.48. The maximum Gasteiger partial charge on any atom is 0.391 e. The van der Waals surface area contributed by atoms with Gasteiger partial charge < -0.3 is 29.7 Å². The molecule has 14 heteroatoms. The number of alkyl halides is 3. The van der Waals surface area contributed by atoms with Gasteiger partial charge in [-0.25, -0.2) is 13.8 Å². The molecule has 2 aromatic heterocycles. The molecule has 0 spiro atoms. The number of hydrogen-bond donors (Lipinski definition) is 2. The van der Waals surface area contributed by atoms with E-state index in [2.05, 4.69) is 31.0 Å². The molecular formula is C39H39F5N6O3. The van der Waals surface area contributed by atoms with Gasteiger partial charge in [0.2, 0.25) is 5.88 Å². The lowest BCUT2D eigenvalue weighted by Gasteiger charge is -2.34. The zero-order valence-corrected chi connectivity index (χ0v) is 29.1. The molecule has 4 atom stereocenters. The first-order valence-corrected chi connectivity index (χ1v) is 18.2. The molecule has 9 nitrogen and oxygen atoms in total. The van der Waals surface area contributed by atoms with E-state index in [1.54, 1.807) is 0 Å². The topological polar surface area (TPSA) is 95.9 Å². The zero-order valence-electron chi connectivity index (χ0n) is 29.1. The Labute approximate surface area is 302 Å². The molecule has 0 radical (unpaired) electrons. The Bertz CT molecular complexity index is 2140. The number of methoxy groups -OCH3 is 1. The lowest BCUT2D eigenvalue weighted by Crippen LogP contribution is -2.51. The number of rotatable bonds is 8. The summed E-state index contributed by atoms with van der Waals surface area (Å²) in [4.78, 5) is 18.4.